The van der Waals surface area contributed by atoms with Crippen molar-refractivity contribution in [2.24, 2.45) is 0 Å². The van der Waals surface area contributed by atoms with Gasteiger partial charge in [-0.15, -0.1) is 0 Å². The number of benzene rings is 1. The molecule has 4 aromatic rings. The number of aromatic nitrogens is 4. The van der Waals surface area contributed by atoms with E-state index in [9.17, 15) is 4.79 Å². The lowest BCUT2D eigenvalue weighted by molar-refractivity contribution is 0.0992. The molecule has 7 nitrogen and oxygen atoms in total. The van der Waals surface area contributed by atoms with Crippen molar-refractivity contribution < 1.29 is 4.79 Å². The van der Waals surface area contributed by atoms with Crippen LogP contribution in [0.15, 0.2) is 61.2 Å². The van der Waals surface area contributed by atoms with E-state index in [-0.39, 0.29) is 12.2 Å². The Morgan fingerprint density at radius 2 is 1.79 bits per heavy atom. The van der Waals surface area contributed by atoms with Crippen LogP contribution in [0.2, 0.25) is 0 Å². The molecule has 0 amide bonds. The molecular weight excluding hydrogens is 424 g/mol. The second-order valence-corrected chi connectivity index (χ2v) is 9.47. The van der Waals surface area contributed by atoms with E-state index in [1.807, 2.05) is 24.5 Å². The summed E-state index contributed by atoms with van der Waals surface area (Å²) < 4.78 is 2.07. The highest BCUT2D eigenvalue weighted by molar-refractivity contribution is 5.98. The summed E-state index contributed by atoms with van der Waals surface area (Å²) in [4.78, 5) is 26.7. The fourth-order valence-corrected chi connectivity index (χ4v) is 4.56. The van der Waals surface area contributed by atoms with Gasteiger partial charge in [-0.1, -0.05) is 12.1 Å². The van der Waals surface area contributed by atoms with Gasteiger partial charge in [-0.3, -0.25) is 14.5 Å². The quantitative estimate of drug-likeness (QED) is 0.412. The molecule has 1 saturated heterocycles. The molecule has 1 aromatic carbocycles. The Morgan fingerprint density at radius 1 is 0.941 bits per heavy atom. The van der Waals surface area contributed by atoms with Gasteiger partial charge < -0.3 is 9.80 Å². The first-order valence-electron chi connectivity index (χ1n) is 12.0. The SMILES string of the molecule is CN1CCN(c2cc(C(=O)Cc3cc4cc(-c5cnn(C6CC6)c5)ccc4cn3)ccn2)CC1. The summed E-state index contributed by atoms with van der Waals surface area (Å²) in [7, 11) is 2.13. The van der Waals surface area contributed by atoms with Gasteiger partial charge >= 0.3 is 0 Å². The first kappa shape index (κ1) is 21.0. The van der Waals surface area contributed by atoms with E-state index in [0.29, 0.717) is 11.6 Å². The van der Waals surface area contributed by atoms with Crippen LogP contribution in [0.4, 0.5) is 5.82 Å². The minimum absolute atomic E-state index is 0.0616. The monoisotopic (exact) mass is 452 g/mol. The second kappa shape index (κ2) is 8.65. The molecule has 3 aromatic heterocycles. The number of carbonyl (C=O) groups excluding carboxylic acids is 1. The molecule has 0 radical (unpaired) electrons. The van der Waals surface area contributed by atoms with Gasteiger partial charge in [-0.25, -0.2) is 4.98 Å². The lowest BCUT2D eigenvalue weighted by atomic mass is 10.0. The summed E-state index contributed by atoms with van der Waals surface area (Å²) in [5, 5.41) is 6.67. The highest BCUT2D eigenvalue weighted by atomic mass is 16.1. The van der Waals surface area contributed by atoms with E-state index in [0.717, 1.165) is 59.6 Å². The van der Waals surface area contributed by atoms with Crippen molar-refractivity contribution in [3.8, 4) is 11.1 Å². The van der Waals surface area contributed by atoms with Crippen molar-refractivity contribution >= 4 is 22.4 Å². The van der Waals surface area contributed by atoms with Crippen LogP contribution in [0.25, 0.3) is 21.9 Å². The van der Waals surface area contributed by atoms with Gasteiger partial charge in [0.15, 0.2) is 5.78 Å². The minimum atomic E-state index is 0.0616. The standard InChI is InChI=1S/C27H28N6O/c1-31-8-10-32(11-9-31)27-14-20(6-7-28-27)26(34)15-24-13-22-12-19(2-3-21(22)16-29-24)23-17-30-33(18-23)25-4-5-25/h2-3,6-7,12-14,16-18,25H,4-5,8-11,15H2,1H3. The largest absolute Gasteiger partial charge is 0.354 e. The summed E-state index contributed by atoms with van der Waals surface area (Å²) in [6.07, 6.45) is 10.4. The predicted octanol–water partition coefficient (Wildman–Crippen LogP) is 4.01. The number of piperazine rings is 1. The van der Waals surface area contributed by atoms with Crippen molar-refractivity contribution in [2.75, 3.05) is 38.1 Å². The van der Waals surface area contributed by atoms with Crippen molar-refractivity contribution in [3.63, 3.8) is 0 Å². The molecule has 0 N–H and O–H groups in total. The second-order valence-electron chi connectivity index (χ2n) is 9.47. The molecule has 6 rings (SSSR count). The molecule has 0 atom stereocenters. The minimum Gasteiger partial charge on any atom is -0.354 e. The maximum Gasteiger partial charge on any atom is 0.169 e. The van der Waals surface area contributed by atoms with Gasteiger partial charge in [-0.05, 0) is 55.1 Å². The third kappa shape index (κ3) is 4.31. The zero-order valence-corrected chi connectivity index (χ0v) is 19.4. The molecule has 7 heteroatoms. The number of nitrogens with zero attached hydrogens (tertiary/aromatic N) is 6. The highest BCUT2D eigenvalue weighted by Gasteiger charge is 2.24. The summed E-state index contributed by atoms with van der Waals surface area (Å²) in [5.41, 5.74) is 3.72. The van der Waals surface area contributed by atoms with Crippen LogP contribution in [-0.4, -0.2) is 63.7 Å². The summed E-state index contributed by atoms with van der Waals surface area (Å²) in [5.74, 6) is 0.938. The maximum absolute atomic E-state index is 13.1. The first-order chi connectivity index (χ1) is 16.6. The Bertz CT molecular complexity index is 1350. The molecule has 34 heavy (non-hydrogen) atoms. The average molecular weight is 453 g/mol. The van der Waals surface area contributed by atoms with Gasteiger partial charge in [0.1, 0.15) is 5.82 Å². The molecule has 4 heterocycles. The molecule has 172 valence electrons. The summed E-state index contributed by atoms with van der Waals surface area (Å²) >= 11 is 0. The number of Topliss-reactive ketones (excluding diaryl/α,β-unsaturated/α-hetero) is 1. The van der Waals surface area contributed by atoms with E-state index in [1.54, 1.807) is 12.3 Å². The Hall–Kier alpha value is -3.58. The van der Waals surface area contributed by atoms with E-state index < -0.39 is 0 Å². The molecule has 1 aliphatic heterocycles. The molecule has 2 aliphatic rings. The summed E-state index contributed by atoms with van der Waals surface area (Å²) in [6, 6.07) is 12.7. The van der Waals surface area contributed by atoms with Crippen LogP contribution in [0.3, 0.4) is 0 Å². The first-order valence-corrected chi connectivity index (χ1v) is 12.0. The Kier molecular flexibility index (Phi) is 5.34. The fraction of sp³-hybridized carbons (Fsp3) is 0.333. The highest BCUT2D eigenvalue weighted by Crippen LogP contribution is 2.35. The van der Waals surface area contributed by atoms with E-state index in [4.69, 9.17) is 0 Å². The molecule has 0 bridgehead atoms. The van der Waals surface area contributed by atoms with Gasteiger partial charge in [0.2, 0.25) is 0 Å². The zero-order valence-electron chi connectivity index (χ0n) is 19.4. The van der Waals surface area contributed by atoms with Crippen molar-refractivity contribution in [3.05, 3.63) is 72.4 Å². The molecule has 0 spiro atoms. The number of rotatable bonds is 6. The lowest BCUT2D eigenvalue weighted by Gasteiger charge is -2.33. The number of fused-ring (bicyclic) bond motifs is 1. The molecule has 2 fully saturated rings. The number of carbonyl (C=O) groups is 1. The van der Waals surface area contributed by atoms with Gasteiger partial charge in [0.25, 0.3) is 0 Å². The van der Waals surface area contributed by atoms with Crippen LogP contribution in [-0.2, 0) is 6.42 Å². The number of pyridine rings is 2. The Morgan fingerprint density at radius 3 is 2.62 bits per heavy atom. The number of anilines is 1. The van der Waals surface area contributed by atoms with Gasteiger partial charge in [0.05, 0.1) is 18.7 Å². The lowest BCUT2D eigenvalue weighted by Crippen LogP contribution is -2.44. The van der Waals surface area contributed by atoms with Crippen LogP contribution < -0.4 is 4.90 Å². The normalized spacial score (nSPS) is 16.8. The molecule has 1 saturated carbocycles. The van der Waals surface area contributed by atoms with E-state index >= 15 is 0 Å². The smallest absolute Gasteiger partial charge is 0.169 e. The number of hydrogen-bond donors (Lipinski definition) is 0. The van der Waals surface area contributed by atoms with Crippen molar-refractivity contribution in [1.82, 2.24) is 24.6 Å². The van der Waals surface area contributed by atoms with Gasteiger partial charge in [-0.2, -0.15) is 5.10 Å². The number of hydrogen-bond acceptors (Lipinski definition) is 6. The van der Waals surface area contributed by atoms with Gasteiger partial charge in [0, 0.05) is 67.0 Å². The fourth-order valence-electron chi connectivity index (χ4n) is 4.56. The van der Waals surface area contributed by atoms with Crippen LogP contribution in [0.5, 0.6) is 0 Å². The molecular formula is C27H28N6O. The third-order valence-electron chi connectivity index (χ3n) is 6.87. The third-order valence-corrected chi connectivity index (χ3v) is 6.87. The predicted molar refractivity (Wildman–Crippen MR) is 133 cm³/mol. The molecule has 0 unspecified atom stereocenters. The van der Waals surface area contributed by atoms with Crippen molar-refractivity contribution in [2.45, 2.75) is 25.3 Å². The van der Waals surface area contributed by atoms with E-state index in [1.165, 1.54) is 12.8 Å². The Balaban J connectivity index is 1.21. The van der Waals surface area contributed by atoms with Crippen LogP contribution in [0.1, 0.15) is 34.9 Å². The zero-order chi connectivity index (χ0) is 23.1. The topological polar surface area (TPSA) is 67.2 Å². The Labute approximate surface area is 199 Å². The van der Waals surface area contributed by atoms with Crippen molar-refractivity contribution in [1.29, 1.82) is 0 Å². The van der Waals surface area contributed by atoms with E-state index in [2.05, 4.69) is 61.0 Å². The summed E-state index contributed by atoms with van der Waals surface area (Å²) in [6.45, 7) is 3.86. The van der Waals surface area contributed by atoms with Crippen LogP contribution in [0, 0.1) is 0 Å². The average Bonchev–Trinajstić information content (AvgIpc) is 3.60. The van der Waals surface area contributed by atoms with Crippen LogP contribution >= 0.6 is 0 Å². The maximum atomic E-state index is 13.1. The number of likely N-dealkylation sites (N-methyl/N-ethyl adjacent to an activating group) is 1. The number of ketones is 1. The molecule has 1 aliphatic carbocycles.